The summed E-state index contributed by atoms with van der Waals surface area (Å²) in [6.07, 6.45) is 1.55. The maximum atomic E-state index is 8.56. The van der Waals surface area contributed by atoms with Crippen LogP contribution in [0.3, 0.4) is 0 Å². The molecule has 0 spiro atoms. The number of pyridine rings is 1. The number of rotatable bonds is 4. The Morgan fingerprint density at radius 3 is 3.12 bits per heavy atom. The second-order valence-corrected chi connectivity index (χ2v) is 4.27. The van der Waals surface area contributed by atoms with Crippen molar-refractivity contribution in [1.29, 1.82) is 0 Å². The highest BCUT2D eigenvalue weighted by atomic mass is 32.1. The summed E-state index contributed by atoms with van der Waals surface area (Å²) < 4.78 is 5.49. The lowest BCUT2D eigenvalue weighted by molar-refractivity contribution is 0.297. The van der Waals surface area contributed by atoms with Crippen LogP contribution in [0.15, 0.2) is 41.0 Å². The standard InChI is InChI=1S/C11H11N3O2S/c12-11(14-15)8-3-4-13-10(6-8)16-7-9-2-1-5-17-9/h1-6,15H,7H2,(H2,12,14). The van der Waals surface area contributed by atoms with Gasteiger partial charge in [-0.15, -0.1) is 11.3 Å². The van der Waals surface area contributed by atoms with Crippen LogP contribution in [0.25, 0.3) is 0 Å². The van der Waals surface area contributed by atoms with Crippen molar-refractivity contribution in [3.63, 3.8) is 0 Å². The Morgan fingerprint density at radius 2 is 2.41 bits per heavy atom. The highest BCUT2D eigenvalue weighted by molar-refractivity contribution is 7.09. The summed E-state index contributed by atoms with van der Waals surface area (Å²) in [7, 11) is 0. The van der Waals surface area contributed by atoms with E-state index < -0.39 is 0 Å². The highest BCUT2D eigenvalue weighted by Crippen LogP contribution is 2.14. The molecule has 0 amide bonds. The summed E-state index contributed by atoms with van der Waals surface area (Å²) in [6, 6.07) is 7.22. The van der Waals surface area contributed by atoms with Crippen LogP contribution in [-0.2, 0) is 6.61 Å². The Bertz CT molecular complexity index is 511. The lowest BCUT2D eigenvalue weighted by atomic mass is 10.2. The van der Waals surface area contributed by atoms with Crippen molar-refractivity contribution < 1.29 is 9.94 Å². The van der Waals surface area contributed by atoms with Crippen molar-refractivity contribution in [2.75, 3.05) is 0 Å². The van der Waals surface area contributed by atoms with Crippen LogP contribution in [0.4, 0.5) is 0 Å². The fourth-order valence-electron chi connectivity index (χ4n) is 1.25. The normalized spacial score (nSPS) is 11.4. The predicted molar refractivity (Wildman–Crippen MR) is 65.4 cm³/mol. The minimum absolute atomic E-state index is 0.0355. The van der Waals surface area contributed by atoms with Crippen LogP contribution in [-0.4, -0.2) is 16.0 Å². The fourth-order valence-corrected chi connectivity index (χ4v) is 1.86. The summed E-state index contributed by atoms with van der Waals surface area (Å²) in [6.45, 7) is 0.463. The van der Waals surface area contributed by atoms with Crippen LogP contribution >= 0.6 is 11.3 Å². The van der Waals surface area contributed by atoms with Gasteiger partial charge in [-0.2, -0.15) is 0 Å². The molecule has 0 fully saturated rings. The summed E-state index contributed by atoms with van der Waals surface area (Å²) in [4.78, 5) is 5.16. The fraction of sp³-hybridized carbons (Fsp3) is 0.0909. The average molecular weight is 249 g/mol. The molecule has 17 heavy (non-hydrogen) atoms. The second kappa shape index (κ2) is 5.31. The Hall–Kier alpha value is -2.08. The first-order valence-corrected chi connectivity index (χ1v) is 5.76. The zero-order valence-electron chi connectivity index (χ0n) is 8.91. The van der Waals surface area contributed by atoms with Crippen molar-refractivity contribution in [2.45, 2.75) is 6.61 Å². The van der Waals surface area contributed by atoms with Gasteiger partial charge >= 0.3 is 0 Å². The molecule has 6 heteroatoms. The largest absolute Gasteiger partial charge is 0.472 e. The molecule has 2 aromatic heterocycles. The number of amidine groups is 1. The molecule has 0 saturated heterocycles. The second-order valence-electron chi connectivity index (χ2n) is 3.24. The molecule has 0 aliphatic heterocycles. The van der Waals surface area contributed by atoms with Gasteiger partial charge in [0, 0.05) is 22.7 Å². The van der Waals surface area contributed by atoms with Crippen LogP contribution in [0.1, 0.15) is 10.4 Å². The number of ether oxygens (including phenoxy) is 1. The van der Waals surface area contributed by atoms with Crippen molar-refractivity contribution in [1.82, 2.24) is 4.98 Å². The molecule has 2 heterocycles. The van der Waals surface area contributed by atoms with E-state index in [0.29, 0.717) is 18.1 Å². The van der Waals surface area contributed by atoms with Crippen LogP contribution < -0.4 is 10.5 Å². The van der Waals surface area contributed by atoms with Crippen molar-refractivity contribution in [3.05, 3.63) is 46.3 Å². The first-order chi connectivity index (χ1) is 8.29. The molecule has 0 saturated carbocycles. The van der Waals surface area contributed by atoms with E-state index in [2.05, 4.69) is 10.1 Å². The minimum atomic E-state index is 0.0355. The van der Waals surface area contributed by atoms with Gasteiger partial charge in [-0.05, 0) is 17.5 Å². The molecular weight excluding hydrogens is 238 g/mol. The van der Waals surface area contributed by atoms with Gasteiger partial charge in [-0.3, -0.25) is 0 Å². The molecule has 0 aromatic carbocycles. The van der Waals surface area contributed by atoms with Crippen molar-refractivity contribution in [3.8, 4) is 5.88 Å². The van der Waals surface area contributed by atoms with Crippen molar-refractivity contribution in [2.24, 2.45) is 10.9 Å². The van der Waals surface area contributed by atoms with Gasteiger partial charge in [-0.1, -0.05) is 11.2 Å². The van der Waals surface area contributed by atoms with E-state index in [1.54, 1.807) is 29.7 Å². The Morgan fingerprint density at radius 1 is 1.53 bits per heavy atom. The number of hydrogen-bond acceptors (Lipinski definition) is 5. The maximum absolute atomic E-state index is 8.56. The molecule has 0 bridgehead atoms. The maximum Gasteiger partial charge on any atom is 0.214 e. The van der Waals surface area contributed by atoms with Gasteiger partial charge in [0.05, 0.1) is 0 Å². The van der Waals surface area contributed by atoms with Crippen LogP contribution in [0.2, 0.25) is 0 Å². The summed E-state index contributed by atoms with van der Waals surface area (Å²) in [5.74, 6) is 0.482. The highest BCUT2D eigenvalue weighted by Gasteiger charge is 2.03. The average Bonchev–Trinajstić information content (AvgIpc) is 2.89. The van der Waals surface area contributed by atoms with Crippen LogP contribution in [0, 0.1) is 0 Å². The van der Waals surface area contributed by atoms with Gasteiger partial charge in [0.2, 0.25) is 5.88 Å². The molecule has 88 valence electrons. The van der Waals surface area contributed by atoms with Gasteiger partial charge in [0.15, 0.2) is 5.84 Å². The first kappa shape index (κ1) is 11.4. The van der Waals surface area contributed by atoms with Gasteiger partial charge in [-0.25, -0.2) is 4.98 Å². The zero-order chi connectivity index (χ0) is 12.1. The topological polar surface area (TPSA) is 80.7 Å². The lowest BCUT2D eigenvalue weighted by Gasteiger charge is -2.04. The Labute approximate surface area is 102 Å². The molecule has 3 N–H and O–H groups in total. The number of aromatic nitrogens is 1. The smallest absolute Gasteiger partial charge is 0.214 e. The van der Waals surface area contributed by atoms with Gasteiger partial charge in [0.25, 0.3) is 0 Å². The zero-order valence-corrected chi connectivity index (χ0v) is 9.72. The predicted octanol–water partition coefficient (Wildman–Crippen LogP) is 1.82. The molecule has 0 atom stereocenters. The molecular formula is C11H11N3O2S. The van der Waals surface area contributed by atoms with E-state index in [0.717, 1.165) is 4.88 Å². The quantitative estimate of drug-likeness (QED) is 0.375. The molecule has 0 radical (unpaired) electrons. The number of nitrogens with two attached hydrogens (primary N) is 1. The lowest BCUT2D eigenvalue weighted by Crippen LogP contribution is -2.13. The Kier molecular flexibility index (Phi) is 3.56. The number of hydrogen-bond donors (Lipinski definition) is 2. The minimum Gasteiger partial charge on any atom is -0.472 e. The van der Waals surface area contributed by atoms with Gasteiger partial charge in [0.1, 0.15) is 6.61 Å². The van der Waals surface area contributed by atoms with E-state index in [1.807, 2.05) is 17.5 Å². The third-order valence-corrected chi connectivity index (χ3v) is 2.93. The van der Waals surface area contributed by atoms with E-state index in [9.17, 15) is 0 Å². The SMILES string of the molecule is N/C(=N/O)c1ccnc(OCc2cccs2)c1. The summed E-state index contributed by atoms with van der Waals surface area (Å²) in [5.41, 5.74) is 6.05. The molecule has 2 aromatic rings. The third kappa shape index (κ3) is 2.94. The van der Waals surface area contributed by atoms with E-state index in [4.69, 9.17) is 15.7 Å². The van der Waals surface area contributed by atoms with E-state index in [1.165, 1.54) is 0 Å². The molecule has 0 aliphatic carbocycles. The first-order valence-electron chi connectivity index (χ1n) is 4.88. The summed E-state index contributed by atoms with van der Waals surface area (Å²) >= 11 is 1.62. The van der Waals surface area contributed by atoms with Crippen molar-refractivity contribution >= 4 is 17.2 Å². The molecule has 0 aliphatic rings. The number of oxime groups is 1. The molecule has 0 unspecified atom stereocenters. The third-order valence-electron chi connectivity index (χ3n) is 2.08. The summed E-state index contributed by atoms with van der Waals surface area (Å²) in [5, 5.41) is 13.5. The van der Waals surface area contributed by atoms with Crippen LogP contribution in [0.5, 0.6) is 5.88 Å². The monoisotopic (exact) mass is 249 g/mol. The molecule has 2 rings (SSSR count). The van der Waals surface area contributed by atoms with Gasteiger partial charge < -0.3 is 15.7 Å². The molecule has 5 nitrogen and oxygen atoms in total. The van der Waals surface area contributed by atoms with E-state index in [-0.39, 0.29) is 5.84 Å². The Balaban J connectivity index is 2.06. The van der Waals surface area contributed by atoms with E-state index >= 15 is 0 Å². The number of thiophene rings is 1. The number of nitrogens with zero attached hydrogens (tertiary/aromatic N) is 2.